The number of aliphatic hydroxyl groups is 1. The summed E-state index contributed by atoms with van der Waals surface area (Å²) in [5.41, 5.74) is 0.362. The summed E-state index contributed by atoms with van der Waals surface area (Å²) in [6, 6.07) is 11.4. The van der Waals surface area contributed by atoms with Crippen LogP contribution < -0.4 is 4.74 Å². The quantitative estimate of drug-likeness (QED) is 0.349. The van der Waals surface area contributed by atoms with E-state index < -0.39 is 23.5 Å². The number of rotatable bonds is 7. The zero-order valence-electron chi connectivity index (χ0n) is 17.4. The predicted molar refractivity (Wildman–Crippen MR) is 115 cm³/mol. The second kappa shape index (κ2) is 9.05. The molecule has 164 valence electrons. The fourth-order valence-corrected chi connectivity index (χ4v) is 3.88. The van der Waals surface area contributed by atoms with E-state index in [1.165, 1.54) is 30.2 Å². The van der Waals surface area contributed by atoms with E-state index >= 15 is 0 Å². The number of likely N-dealkylation sites (tertiary alicyclic amines) is 1. The number of imidazole rings is 1. The summed E-state index contributed by atoms with van der Waals surface area (Å²) >= 11 is 0. The van der Waals surface area contributed by atoms with Crippen LogP contribution >= 0.6 is 0 Å². The first-order chi connectivity index (χ1) is 15.5. The molecule has 0 saturated carbocycles. The van der Waals surface area contributed by atoms with Crippen LogP contribution in [0.25, 0.3) is 5.76 Å². The van der Waals surface area contributed by atoms with E-state index in [1.807, 2.05) is 4.57 Å². The fourth-order valence-electron chi connectivity index (χ4n) is 3.88. The first-order valence-corrected chi connectivity index (χ1v) is 10.1. The lowest BCUT2D eigenvalue weighted by atomic mass is 9.95. The minimum atomic E-state index is -1.03. The molecule has 1 atom stereocenters. The number of nitrogens with zero attached hydrogens (tertiary/aromatic N) is 3. The Bertz CT molecular complexity index is 1160. The van der Waals surface area contributed by atoms with Gasteiger partial charge in [-0.1, -0.05) is 18.2 Å². The lowest BCUT2D eigenvalue weighted by Crippen LogP contribution is -2.31. The second-order valence-corrected chi connectivity index (χ2v) is 7.40. The Morgan fingerprint density at radius 1 is 1.12 bits per heavy atom. The van der Waals surface area contributed by atoms with E-state index in [9.17, 15) is 19.1 Å². The topological polar surface area (TPSA) is 84.7 Å². The van der Waals surface area contributed by atoms with Gasteiger partial charge >= 0.3 is 0 Å². The van der Waals surface area contributed by atoms with E-state index in [0.717, 1.165) is 0 Å². The van der Waals surface area contributed by atoms with Crippen LogP contribution in [0.4, 0.5) is 4.39 Å². The lowest BCUT2D eigenvalue weighted by molar-refractivity contribution is -0.140. The maximum absolute atomic E-state index is 14.8. The number of carbonyl (C=O) groups excluding carboxylic acids is 2. The molecule has 0 aliphatic carbocycles. The van der Waals surface area contributed by atoms with Gasteiger partial charge in [-0.05, 0) is 36.8 Å². The SMILES string of the molecule is COc1ccc(/C(O)=C2\C(=O)C(=O)N(CCCn3ccnc3)[C@@H]2c2ccccc2F)cc1. The molecule has 1 fully saturated rings. The number of ketones is 1. The van der Waals surface area contributed by atoms with Crippen LogP contribution in [0.1, 0.15) is 23.6 Å². The third-order valence-electron chi connectivity index (χ3n) is 5.48. The first kappa shape index (κ1) is 21.3. The number of halogens is 1. The van der Waals surface area contributed by atoms with E-state index in [-0.39, 0.29) is 23.4 Å². The summed E-state index contributed by atoms with van der Waals surface area (Å²) in [5.74, 6) is -1.93. The van der Waals surface area contributed by atoms with Crippen molar-refractivity contribution in [3.05, 3.63) is 89.8 Å². The zero-order valence-corrected chi connectivity index (χ0v) is 17.4. The molecule has 32 heavy (non-hydrogen) atoms. The lowest BCUT2D eigenvalue weighted by Gasteiger charge is -2.25. The van der Waals surface area contributed by atoms with Gasteiger partial charge in [-0.3, -0.25) is 9.59 Å². The molecule has 1 N–H and O–H groups in total. The summed E-state index contributed by atoms with van der Waals surface area (Å²) in [5, 5.41) is 11.0. The van der Waals surface area contributed by atoms with Gasteiger partial charge in [0.2, 0.25) is 0 Å². The number of hydrogen-bond donors (Lipinski definition) is 1. The summed E-state index contributed by atoms with van der Waals surface area (Å²) in [7, 11) is 1.52. The molecule has 1 amide bonds. The normalized spacial score (nSPS) is 17.7. The van der Waals surface area contributed by atoms with Crippen molar-refractivity contribution in [2.45, 2.75) is 19.0 Å². The van der Waals surface area contributed by atoms with Crippen LogP contribution in [-0.4, -0.2) is 44.9 Å². The zero-order chi connectivity index (χ0) is 22.7. The number of ether oxygens (including phenoxy) is 1. The highest BCUT2D eigenvalue weighted by molar-refractivity contribution is 6.46. The number of aliphatic hydroxyl groups excluding tert-OH is 1. The Labute approximate surface area is 184 Å². The number of Topliss-reactive ketones (excluding diaryl/α,β-unsaturated/α-hetero) is 1. The van der Waals surface area contributed by atoms with E-state index in [0.29, 0.717) is 24.3 Å². The highest BCUT2D eigenvalue weighted by Crippen LogP contribution is 2.40. The van der Waals surface area contributed by atoms with Crippen molar-refractivity contribution in [1.82, 2.24) is 14.5 Å². The van der Waals surface area contributed by atoms with Gasteiger partial charge in [0.1, 0.15) is 17.3 Å². The number of methoxy groups -OCH3 is 1. The minimum absolute atomic E-state index is 0.132. The standard InChI is InChI=1S/C24H22FN3O4/c1-32-17-9-7-16(8-10-17)22(29)20-21(18-5-2-3-6-19(18)25)28(24(31)23(20)30)13-4-12-27-14-11-26-15-27/h2-3,5-11,14-15,21,29H,4,12-13H2,1H3/b22-20+/t21-/m1/s1. The molecule has 0 radical (unpaired) electrons. The molecule has 2 aromatic carbocycles. The van der Waals surface area contributed by atoms with Crippen LogP contribution in [-0.2, 0) is 16.1 Å². The largest absolute Gasteiger partial charge is 0.507 e. The van der Waals surface area contributed by atoms with Crippen LogP contribution in [0.2, 0.25) is 0 Å². The molecule has 0 unspecified atom stereocenters. The molecule has 4 rings (SSSR count). The number of aromatic nitrogens is 2. The fraction of sp³-hybridized carbons (Fsp3) is 0.208. The minimum Gasteiger partial charge on any atom is -0.507 e. The molecule has 7 nitrogen and oxygen atoms in total. The molecule has 1 aromatic heterocycles. The molecular formula is C24H22FN3O4. The van der Waals surface area contributed by atoms with Gasteiger partial charge in [0, 0.05) is 36.6 Å². The highest BCUT2D eigenvalue weighted by Gasteiger charge is 2.46. The summed E-state index contributed by atoms with van der Waals surface area (Å²) in [6.45, 7) is 0.784. The van der Waals surface area contributed by atoms with Crippen molar-refractivity contribution in [1.29, 1.82) is 0 Å². The predicted octanol–water partition coefficient (Wildman–Crippen LogP) is 3.54. The van der Waals surface area contributed by atoms with Crippen molar-refractivity contribution in [2.24, 2.45) is 0 Å². The third kappa shape index (κ3) is 3.99. The van der Waals surface area contributed by atoms with Crippen LogP contribution in [0, 0.1) is 5.82 Å². The molecule has 0 spiro atoms. The highest BCUT2D eigenvalue weighted by atomic mass is 19.1. The second-order valence-electron chi connectivity index (χ2n) is 7.40. The molecule has 0 bridgehead atoms. The Kier molecular flexibility index (Phi) is 6.02. The van der Waals surface area contributed by atoms with Crippen molar-refractivity contribution >= 4 is 17.4 Å². The maximum atomic E-state index is 14.8. The van der Waals surface area contributed by atoms with Gasteiger partial charge < -0.3 is 19.3 Å². The Morgan fingerprint density at radius 3 is 2.53 bits per heavy atom. The molecule has 2 heterocycles. The van der Waals surface area contributed by atoms with Gasteiger partial charge in [0.05, 0.1) is 25.1 Å². The van der Waals surface area contributed by atoms with Crippen LogP contribution in [0.3, 0.4) is 0 Å². The molecule has 1 saturated heterocycles. The molecule has 3 aromatic rings. The Hall–Kier alpha value is -3.94. The van der Waals surface area contributed by atoms with Gasteiger partial charge in [-0.2, -0.15) is 0 Å². The van der Waals surface area contributed by atoms with Gasteiger partial charge in [-0.15, -0.1) is 0 Å². The van der Waals surface area contributed by atoms with Crippen molar-refractivity contribution in [3.63, 3.8) is 0 Å². The number of benzene rings is 2. The van der Waals surface area contributed by atoms with Crippen molar-refractivity contribution < 1.29 is 23.8 Å². The third-order valence-corrected chi connectivity index (χ3v) is 5.48. The molecule has 8 heteroatoms. The number of carbonyl (C=O) groups is 2. The summed E-state index contributed by atoms with van der Waals surface area (Å²) in [4.78, 5) is 31.2. The molecular weight excluding hydrogens is 413 g/mol. The monoisotopic (exact) mass is 435 g/mol. The van der Waals surface area contributed by atoms with E-state index in [2.05, 4.69) is 4.98 Å². The number of hydrogen-bond acceptors (Lipinski definition) is 5. The number of aryl methyl sites for hydroxylation is 1. The van der Waals surface area contributed by atoms with Gasteiger partial charge in [0.25, 0.3) is 11.7 Å². The number of amides is 1. The molecule has 1 aliphatic heterocycles. The van der Waals surface area contributed by atoms with Gasteiger partial charge in [-0.25, -0.2) is 9.37 Å². The smallest absolute Gasteiger partial charge is 0.295 e. The van der Waals surface area contributed by atoms with Crippen LogP contribution in [0.5, 0.6) is 5.75 Å². The van der Waals surface area contributed by atoms with Crippen LogP contribution in [0.15, 0.2) is 72.8 Å². The van der Waals surface area contributed by atoms with Crippen molar-refractivity contribution in [2.75, 3.05) is 13.7 Å². The summed E-state index contributed by atoms with van der Waals surface area (Å²) in [6.07, 6.45) is 5.63. The molecule has 1 aliphatic rings. The average molecular weight is 435 g/mol. The van der Waals surface area contributed by atoms with E-state index in [1.54, 1.807) is 49.1 Å². The first-order valence-electron chi connectivity index (χ1n) is 10.1. The average Bonchev–Trinajstić information content (AvgIpc) is 3.41. The summed E-state index contributed by atoms with van der Waals surface area (Å²) < 4.78 is 21.8. The Balaban J connectivity index is 1.74. The van der Waals surface area contributed by atoms with Gasteiger partial charge in [0.15, 0.2) is 0 Å². The maximum Gasteiger partial charge on any atom is 0.295 e. The van der Waals surface area contributed by atoms with E-state index in [4.69, 9.17) is 4.74 Å². The Morgan fingerprint density at radius 2 is 1.88 bits per heavy atom. The van der Waals surface area contributed by atoms with Crippen molar-refractivity contribution in [3.8, 4) is 5.75 Å².